The second-order valence-electron chi connectivity index (χ2n) is 9.75. The van der Waals surface area contributed by atoms with E-state index in [0.29, 0.717) is 51.0 Å². The van der Waals surface area contributed by atoms with E-state index in [9.17, 15) is 14.4 Å². The Balaban J connectivity index is 1.30. The van der Waals surface area contributed by atoms with Crippen molar-refractivity contribution in [2.45, 2.75) is 19.1 Å². The van der Waals surface area contributed by atoms with E-state index in [-0.39, 0.29) is 17.9 Å². The summed E-state index contributed by atoms with van der Waals surface area (Å²) < 4.78 is 11.5. The molecule has 4 aromatic rings. The van der Waals surface area contributed by atoms with Crippen molar-refractivity contribution in [2.75, 3.05) is 30.4 Å². The standard InChI is InChI=1S/C30H27N5O5S/c1-4-24(36)34-15-20(23(16-34)39-3)32-28(37)27-26-25-22(12-13-31-29(25)41-27)35(30(38)33-26)21-11-10-19(14-17(21)2)40-18-8-6-5-7-9-18/h4-14,20,23H,1,15-16H2,2-3H3,(H,32,37)(H,33,38)/t20-,23-/m0/s1. The van der Waals surface area contributed by atoms with Gasteiger partial charge in [0.15, 0.2) is 0 Å². The molecule has 1 fully saturated rings. The number of thiophene rings is 1. The summed E-state index contributed by atoms with van der Waals surface area (Å²) in [5.41, 5.74) is 2.56. The highest BCUT2D eigenvalue weighted by Crippen LogP contribution is 2.46. The third kappa shape index (κ3) is 4.79. The summed E-state index contributed by atoms with van der Waals surface area (Å²) in [7, 11) is 1.54. The number of methoxy groups -OCH3 is 1. The van der Waals surface area contributed by atoms with Gasteiger partial charge in [0.05, 0.1) is 34.6 Å². The molecule has 1 saturated heterocycles. The minimum Gasteiger partial charge on any atom is -0.457 e. The van der Waals surface area contributed by atoms with Gasteiger partial charge in [-0.25, -0.2) is 9.78 Å². The number of aryl methyl sites for hydroxylation is 1. The number of amides is 4. The number of pyridine rings is 1. The molecule has 2 aliphatic heterocycles. The molecule has 2 aromatic heterocycles. The van der Waals surface area contributed by atoms with Crippen LogP contribution in [0.25, 0.3) is 10.2 Å². The molecule has 208 valence electrons. The molecule has 10 nitrogen and oxygen atoms in total. The monoisotopic (exact) mass is 569 g/mol. The molecular weight excluding hydrogens is 542 g/mol. The number of aromatic nitrogens is 1. The number of carbonyl (C=O) groups excluding carboxylic acids is 3. The zero-order valence-electron chi connectivity index (χ0n) is 22.4. The fraction of sp³-hybridized carbons (Fsp3) is 0.200. The van der Waals surface area contributed by atoms with Crippen molar-refractivity contribution in [3.8, 4) is 11.5 Å². The van der Waals surface area contributed by atoms with Gasteiger partial charge in [-0.3, -0.25) is 14.5 Å². The molecule has 4 heterocycles. The molecule has 2 N–H and O–H groups in total. The Labute approximate surface area is 240 Å². The minimum atomic E-state index is -0.420. The molecule has 6 rings (SSSR count). The van der Waals surface area contributed by atoms with Gasteiger partial charge in [-0.1, -0.05) is 24.8 Å². The van der Waals surface area contributed by atoms with E-state index in [2.05, 4.69) is 22.2 Å². The number of rotatable bonds is 7. The number of anilines is 3. The normalized spacial score (nSPS) is 17.9. The van der Waals surface area contributed by atoms with Crippen molar-refractivity contribution in [1.29, 1.82) is 0 Å². The lowest BCUT2D eigenvalue weighted by Crippen LogP contribution is -2.44. The number of nitrogens with zero attached hydrogens (tertiary/aromatic N) is 3. The highest BCUT2D eigenvalue weighted by atomic mass is 32.1. The van der Waals surface area contributed by atoms with Gasteiger partial charge in [-0.05, 0) is 55.0 Å². The van der Waals surface area contributed by atoms with Crippen LogP contribution in [0.1, 0.15) is 15.2 Å². The van der Waals surface area contributed by atoms with E-state index >= 15 is 0 Å². The van der Waals surface area contributed by atoms with Crippen molar-refractivity contribution in [2.24, 2.45) is 0 Å². The Morgan fingerprint density at radius 3 is 2.66 bits per heavy atom. The van der Waals surface area contributed by atoms with Crippen LogP contribution < -0.4 is 20.3 Å². The fourth-order valence-electron chi connectivity index (χ4n) is 5.24. The van der Waals surface area contributed by atoms with Gasteiger partial charge >= 0.3 is 6.03 Å². The average Bonchev–Trinajstić information content (AvgIpc) is 3.56. The molecule has 0 spiro atoms. The van der Waals surface area contributed by atoms with E-state index < -0.39 is 12.1 Å². The summed E-state index contributed by atoms with van der Waals surface area (Å²) in [5, 5.41) is 6.60. The van der Waals surface area contributed by atoms with Crippen LogP contribution in [-0.4, -0.2) is 60.1 Å². The maximum atomic E-state index is 13.6. The quantitative estimate of drug-likeness (QED) is 0.295. The van der Waals surface area contributed by atoms with Gasteiger partial charge in [-0.15, -0.1) is 11.3 Å². The summed E-state index contributed by atoms with van der Waals surface area (Å²) in [6.45, 7) is 6.09. The van der Waals surface area contributed by atoms with Crippen molar-refractivity contribution < 1.29 is 23.9 Å². The van der Waals surface area contributed by atoms with E-state index in [1.807, 2.05) is 55.5 Å². The maximum Gasteiger partial charge on any atom is 0.331 e. The molecule has 0 radical (unpaired) electrons. The van der Waals surface area contributed by atoms with E-state index in [0.717, 1.165) is 11.3 Å². The lowest BCUT2D eigenvalue weighted by atomic mass is 10.1. The zero-order chi connectivity index (χ0) is 28.7. The SMILES string of the molecule is C=CC(=O)N1C[C@H](NC(=O)c2sc3nccc4c3c2NC(=O)N4c2ccc(Oc3ccccc3)cc2C)[C@@H](OC)C1. The van der Waals surface area contributed by atoms with Gasteiger partial charge in [0.2, 0.25) is 5.91 Å². The third-order valence-electron chi connectivity index (χ3n) is 7.21. The number of benzene rings is 2. The molecule has 0 bridgehead atoms. The van der Waals surface area contributed by atoms with Crippen LogP contribution in [0.5, 0.6) is 11.5 Å². The van der Waals surface area contributed by atoms with Crippen molar-refractivity contribution in [1.82, 2.24) is 15.2 Å². The Morgan fingerprint density at radius 1 is 1.12 bits per heavy atom. The Bertz CT molecular complexity index is 1690. The number of likely N-dealkylation sites (tertiary alicyclic amines) is 1. The molecule has 2 atom stereocenters. The number of urea groups is 1. The Morgan fingerprint density at radius 2 is 1.93 bits per heavy atom. The maximum absolute atomic E-state index is 13.6. The van der Waals surface area contributed by atoms with Crippen LogP contribution in [0.4, 0.5) is 21.9 Å². The van der Waals surface area contributed by atoms with E-state index in [1.54, 1.807) is 29.2 Å². The van der Waals surface area contributed by atoms with Crippen LogP contribution in [0.2, 0.25) is 0 Å². The first-order chi connectivity index (χ1) is 19.9. The first kappa shape index (κ1) is 26.5. The van der Waals surface area contributed by atoms with Gasteiger partial charge in [0.25, 0.3) is 5.91 Å². The molecule has 41 heavy (non-hydrogen) atoms. The number of ether oxygens (including phenoxy) is 2. The Kier molecular flexibility index (Phi) is 6.90. The second kappa shape index (κ2) is 10.7. The summed E-state index contributed by atoms with van der Waals surface area (Å²) in [5.74, 6) is 0.770. The molecule has 2 aromatic carbocycles. The fourth-order valence-corrected chi connectivity index (χ4v) is 6.27. The first-order valence-electron chi connectivity index (χ1n) is 13.0. The van der Waals surface area contributed by atoms with Gasteiger partial charge in [-0.2, -0.15) is 0 Å². The first-order valence-corrected chi connectivity index (χ1v) is 13.8. The van der Waals surface area contributed by atoms with Crippen LogP contribution in [0.15, 0.2) is 73.4 Å². The van der Waals surface area contributed by atoms with Gasteiger partial charge in [0.1, 0.15) is 21.2 Å². The summed E-state index contributed by atoms with van der Waals surface area (Å²) >= 11 is 1.20. The largest absolute Gasteiger partial charge is 0.457 e. The lowest BCUT2D eigenvalue weighted by molar-refractivity contribution is -0.125. The number of hydrogen-bond acceptors (Lipinski definition) is 7. The number of carbonyl (C=O) groups is 3. The van der Waals surface area contributed by atoms with Crippen LogP contribution in [0, 0.1) is 6.92 Å². The van der Waals surface area contributed by atoms with E-state index in [4.69, 9.17) is 9.47 Å². The average molecular weight is 570 g/mol. The highest BCUT2D eigenvalue weighted by Gasteiger charge is 2.38. The van der Waals surface area contributed by atoms with Gasteiger partial charge in [0, 0.05) is 26.4 Å². The lowest BCUT2D eigenvalue weighted by Gasteiger charge is -2.29. The summed E-state index contributed by atoms with van der Waals surface area (Å²) in [6.07, 6.45) is 2.50. The number of hydrogen-bond donors (Lipinski definition) is 2. The highest BCUT2D eigenvalue weighted by molar-refractivity contribution is 7.21. The van der Waals surface area contributed by atoms with Crippen LogP contribution in [0.3, 0.4) is 0 Å². The Hall–Kier alpha value is -4.74. The predicted octanol–water partition coefficient (Wildman–Crippen LogP) is 5.22. The molecule has 0 aliphatic carbocycles. The summed E-state index contributed by atoms with van der Waals surface area (Å²) in [4.78, 5) is 47.8. The molecule has 2 aliphatic rings. The smallest absolute Gasteiger partial charge is 0.331 e. The number of para-hydroxylation sites is 1. The van der Waals surface area contributed by atoms with Gasteiger partial charge < -0.3 is 25.0 Å². The second-order valence-corrected chi connectivity index (χ2v) is 10.7. The topological polar surface area (TPSA) is 113 Å². The molecule has 4 amide bonds. The van der Waals surface area contributed by atoms with E-state index in [1.165, 1.54) is 17.4 Å². The molecule has 0 saturated carbocycles. The van der Waals surface area contributed by atoms with Crippen molar-refractivity contribution >= 4 is 56.5 Å². The molecular formula is C30H27N5O5S. The summed E-state index contributed by atoms with van der Waals surface area (Å²) in [6, 6.07) is 16.0. The zero-order valence-corrected chi connectivity index (χ0v) is 23.2. The predicted molar refractivity (Wildman–Crippen MR) is 157 cm³/mol. The minimum absolute atomic E-state index is 0.225. The molecule has 11 heteroatoms. The van der Waals surface area contributed by atoms with Crippen LogP contribution in [-0.2, 0) is 9.53 Å². The molecule has 0 unspecified atom stereocenters. The third-order valence-corrected chi connectivity index (χ3v) is 8.31. The van der Waals surface area contributed by atoms with Crippen LogP contribution >= 0.6 is 11.3 Å². The van der Waals surface area contributed by atoms with Crippen molar-refractivity contribution in [3.63, 3.8) is 0 Å². The van der Waals surface area contributed by atoms with Crippen molar-refractivity contribution in [3.05, 3.63) is 83.9 Å². The number of nitrogens with one attached hydrogen (secondary N) is 2.